The molecule has 0 heterocycles. The maximum absolute atomic E-state index is 9.65. The van der Waals surface area contributed by atoms with Crippen LogP contribution in [-0.4, -0.2) is 11.7 Å². The summed E-state index contributed by atoms with van der Waals surface area (Å²) in [6.45, 7) is 0.284. The maximum atomic E-state index is 9.65. The van der Waals surface area contributed by atoms with E-state index >= 15 is 0 Å². The zero-order chi connectivity index (χ0) is 12.6. The van der Waals surface area contributed by atoms with E-state index < -0.39 is 0 Å². The zero-order valence-electron chi connectivity index (χ0n) is 11.7. The van der Waals surface area contributed by atoms with Gasteiger partial charge in [0.25, 0.3) is 0 Å². The van der Waals surface area contributed by atoms with Crippen molar-refractivity contribution in [3.05, 3.63) is 22.8 Å². The van der Waals surface area contributed by atoms with Gasteiger partial charge in [-0.3, -0.25) is 0 Å². The minimum absolute atomic E-state index is 0.284. The Morgan fingerprint density at radius 3 is 2.22 bits per heavy atom. The SMILES string of the molecule is OC/C1=C(\C2=C/CCCCCC2)CCCCCC1. The Kier molecular flexibility index (Phi) is 5.99. The highest BCUT2D eigenvalue weighted by molar-refractivity contribution is 5.36. The Bertz CT molecular complexity index is 312. The van der Waals surface area contributed by atoms with Crippen molar-refractivity contribution >= 4 is 0 Å². The smallest absolute Gasteiger partial charge is 0.0647 e. The van der Waals surface area contributed by atoms with Crippen LogP contribution in [0.2, 0.25) is 0 Å². The van der Waals surface area contributed by atoms with Gasteiger partial charge in [-0.2, -0.15) is 0 Å². The molecule has 2 rings (SSSR count). The molecule has 0 aromatic rings. The minimum atomic E-state index is 0.284. The van der Waals surface area contributed by atoms with Crippen molar-refractivity contribution in [2.75, 3.05) is 6.61 Å². The molecule has 0 unspecified atom stereocenters. The summed E-state index contributed by atoms with van der Waals surface area (Å²) in [6.07, 6.45) is 18.1. The third-order valence-electron chi connectivity index (χ3n) is 4.45. The predicted octanol–water partition coefficient (Wildman–Crippen LogP) is 4.91. The third-order valence-corrected chi connectivity index (χ3v) is 4.45. The Morgan fingerprint density at radius 2 is 1.44 bits per heavy atom. The van der Waals surface area contributed by atoms with Gasteiger partial charge in [0.15, 0.2) is 0 Å². The van der Waals surface area contributed by atoms with E-state index in [0.717, 1.165) is 6.42 Å². The summed E-state index contributed by atoms with van der Waals surface area (Å²) in [6, 6.07) is 0. The van der Waals surface area contributed by atoms with E-state index in [0.29, 0.717) is 0 Å². The first-order valence-corrected chi connectivity index (χ1v) is 7.93. The van der Waals surface area contributed by atoms with Crippen LogP contribution >= 0.6 is 0 Å². The monoisotopic (exact) mass is 248 g/mol. The second-order valence-corrected chi connectivity index (χ2v) is 5.84. The van der Waals surface area contributed by atoms with Gasteiger partial charge >= 0.3 is 0 Å². The molecule has 0 bridgehead atoms. The van der Waals surface area contributed by atoms with Crippen molar-refractivity contribution in [3.63, 3.8) is 0 Å². The molecule has 0 saturated carbocycles. The van der Waals surface area contributed by atoms with Crippen molar-refractivity contribution < 1.29 is 5.11 Å². The number of rotatable bonds is 2. The van der Waals surface area contributed by atoms with Crippen LogP contribution in [-0.2, 0) is 0 Å². The van der Waals surface area contributed by atoms with Crippen molar-refractivity contribution in [2.24, 2.45) is 0 Å². The summed E-state index contributed by atoms with van der Waals surface area (Å²) < 4.78 is 0. The minimum Gasteiger partial charge on any atom is -0.392 e. The predicted molar refractivity (Wildman–Crippen MR) is 77.6 cm³/mol. The van der Waals surface area contributed by atoms with E-state index in [1.807, 2.05) is 0 Å². The lowest BCUT2D eigenvalue weighted by Gasteiger charge is -2.21. The molecule has 0 fully saturated rings. The molecule has 0 atom stereocenters. The van der Waals surface area contributed by atoms with Gasteiger partial charge in [0.1, 0.15) is 0 Å². The Morgan fingerprint density at radius 1 is 0.778 bits per heavy atom. The van der Waals surface area contributed by atoms with Crippen LogP contribution in [0.15, 0.2) is 22.8 Å². The Balaban J connectivity index is 2.18. The summed E-state index contributed by atoms with van der Waals surface area (Å²) in [5.41, 5.74) is 4.47. The second-order valence-electron chi connectivity index (χ2n) is 5.84. The molecule has 0 amide bonds. The topological polar surface area (TPSA) is 20.2 Å². The summed E-state index contributed by atoms with van der Waals surface area (Å²) in [4.78, 5) is 0. The summed E-state index contributed by atoms with van der Waals surface area (Å²) in [5.74, 6) is 0. The largest absolute Gasteiger partial charge is 0.392 e. The quantitative estimate of drug-likeness (QED) is 0.736. The molecule has 1 nitrogen and oxygen atoms in total. The van der Waals surface area contributed by atoms with E-state index in [2.05, 4.69) is 6.08 Å². The normalized spacial score (nSPS) is 30.6. The fraction of sp³-hybridized carbons (Fsp3) is 0.765. The number of aliphatic hydroxyl groups is 1. The summed E-state index contributed by atoms with van der Waals surface area (Å²) in [5, 5.41) is 9.65. The molecular weight excluding hydrogens is 220 g/mol. The Labute approximate surface area is 112 Å². The first-order chi connectivity index (χ1) is 8.92. The highest BCUT2D eigenvalue weighted by atomic mass is 16.3. The first-order valence-electron chi connectivity index (χ1n) is 7.93. The average molecular weight is 248 g/mol. The number of hydrogen-bond donors (Lipinski definition) is 1. The highest BCUT2D eigenvalue weighted by Crippen LogP contribution is 2.32. The molecule has 0 aromatic heterocycles. The molecular formula is C17H28O. The van der Waals surface area contributed by atoms with Crippen molar-refractivity contribution in [3.8, 4) is 0 Å². The molecule has 0 aromatic carbocycles. The molecule has 2 aliphatic carbocycles. The maximum Gasteiger partial charge on any atom is 0.0647 e. The zero-order valence-corrected chi connectivity index (χ0v) is 11.7. The van der Waals surface area contributed by atoms with Gasteiger partial charge < -0.3 is 5.11 Å². The van der Waals surface area contributed by atoms with Gasteiger partial charge in [-0.1, -0.05) is 31.8 Å². The fourth-order valence-corrected chi connectivity index (χ4v) is 3.35. The molecule has 0 aliphatic heterocycles. The lowest BCUT2D eigenvalue weighted by atomic mass is 9.85. The van der Waals surface area contributed by atoms with Gasteiger partial charge in [-0.15, -0.1) is 0 Å². The van der Waals surface area contributed by atoms with Gasteiger partial charge in [0.05, 0.1) is 6.61 Å². The highest BCUT2D eigenvalue weighted by Gasteiger charge is 2.14. The van der Waals surface area contributed by atoms with E-state index in [4.69, 9.17) is 0 Å². The van der Waals surface area contributed by atoms with Crippen LogP contribution in [0, 0.1) is 0 Å². The van der Waals surface area contributed by atoms with E-state index in [1.165, 1.54) is 76.2 Å². The van der Waals surface area contributed by atoms with E-state index in [9.17, 15) is 5.11 Å². The van der Waals surface area contributed by atoms with Crippen LogP contribution in [0.5, 0.6) is 0 Å². The van der Waals surface area contributed by atoms with Crippen LogP contribution in [0.1, 0.15) is 77.0 Å². The van der Waals surface area contributed by atoms with Gasteiger partial charge in [-0.05, 0) is 68.1 Å². The molecule has 0 radical (unpaired) electrons. The lowest BCUT2D eigenvalue weighted by molar-refractivity contribution is 0.322. The van der Waals surface area contributed by atoms with Crippen LogP contribution in [0.25, 0.3) is 0 Å². The van der Waals surface area contributed by atoms with Gasteiger partial charge in [-0.25, -0.2) is 0 Å². The standard InChI is InChI=1S/C17H28O/c18-14-16-12-8-4-5-9-13-17(16)15-10-6-2-1-3-7-11-15/h10,18H,1-9,11-14H2/b15-10-,17-16-. The fourth-order valence-electron chi connectivity index (χ4n) is 3.35. The molecule has 1 heteroatoms. The Hall–Kier alpha value is -0.560. The van der Waals surface area contributed by atoms with Crippen LogP contribution < -0.4 is 0 Å². The van der Waals surface area contributed by atoms with E-state index in [1.54, 1.807) is 11.1 Å². The summed E-state index contributed by atoms with van der Waals surface area (Å²) in [7, 11) is 0. The third kappa shape index (κ3) is 3.98. The number of aliphatic hydroxyl groups excluding tert-OH is 1. The van der Waals surface area contributed by atoms with Gasteiger partial charge in [0, 0.05) is 0 Å². The number of hydrogen-bond acceptors (Lipinski definition) is 1. The molecule has 0 spiro atoms. The van der Waals surface area contributed by atoms with Crippen molar-refractivity contribution in [2.45, 2.75) is 77.0 Å². The molecule has 102 valence electrons. The number of allylic oxidation sites excluding steroid dienone is 3. The van der Waals surface area contributed by atoms with Crippen LogP contribution in [0.3, 0.4) is 0 Å². The molecule has 1 N–H and O–H groups in total. The van der Waals surface area contributed by atoms with Crippen LogP contribution in [0.4, 0.5) is 0 Å². The first kappa shape index (κ1) is 13.9. The molecule has 0 saturated heterocycles. The van der Waals surface area contributed by atoms with Gasteiger partial charge in [0.2, 0.25) is 0 Å². The molecule has 18 heavy (non-hydrogen) atoms. The molecule has 2 aliphatic rings. The average Bonchev–Trinajstić information content (AvgIpc) is 2.30. The van der Waals surface area contributed by atoms with Crippen molar-refractivity contribution in [1.82, 2.24) is 0 Å². The lowest BCUT2D eigenvalue weighted by Crippen LogP contribution is -2.05. The van der Waals surface area contributed by atoms with E-state index in [-0.39, 0.29) is 6.61 Å². The van der Waals surface area contributed by atoms with Crippen molar-refractivity contribution in [1.29, 1.82) is 0 Å². The second kappa shape index (κ2) is 7.78. The summed E-state index contributed by atoms with van der Waals surface area (Å²) >= 11 is 0.